The molecule has 0 saturated carbocycles. The van der Waals surface area contributed by atoms with Crippen molar-refractivity contribution in [1.82, 2.24) is 30.0 Å². The molecule has 0 amide bonds. The van der Waals surface area contributed by atoms with Crippen molar-refractivity contribution in [3.05, 3.63) is 36.7 Å². The molecule has 1 saturated heterocycles. The smallest absolute Gasteiger partial charge is 0.245 e. The SMILES string of the molecule is COc1ncnc(OCC2CCCNC2)c1-n1c(NS(=O)[O-])nnc1-c1ccccc1. The van der Waals surface area contributed by atoms with Crippen molar-refractivity contribution in [2.45, 2.75) is 12.8 Å². The molecule has 0 radical (unpaired) electrons. The van der Waals surface area contributed by atoms with Crippen molar-refractivity contribution in [1.29, 1.82) is 0 Å². The highest BCUT2D eigenvalue weighted by atomic mass is 32.2. The van der Waals surface area contributed by atoms with E-state index in [1.165, 1.54) is 18.0 Å². The van der Waals surface area contributed by atoms with Crippen molar-refractivity contribution in [3.63, 3.8) is 0 Å². The second-order valence-electron chi connectivity index (χ2n) is 6.95. The molecule has 1 aromatic carbocycles. The first kappa shape index (κ1) is 21.2. The van der Waals surface area contributed by atoms with Crippen LogP contribution in [-0.2, 0) is 11.3 Å². The van der Waals surface area contributed by atoms with Crippen molar-refractivity contribution in [3.8, 4) is 28.8 Å². The lowest BCUT2D eigenvalue weighted by Gasteiger charge is -2.23. The van der Waals surface area contributed by atoms with Crippen LogP contribution in [0.25, 0.3) is 17.1 Å². The molecule has 0 aliphatic carbocycles. The largest absolute Gasteiger partial charge is 0.755 e. The predicted molar refractivity (Wildman–Crippen MR) is 113 cm³/mol. The maximum atomic E-state index is 11.4. The number of benzene rings is 1. The summed E-state index contributed by atoms with van der Waals surface area (Å²) in [5.41, 5.74) is 1.03. The zero-order chi connectivity index (χ0) is 21.6. The summed E-state index contributed by atoms with van der Waals surface area (Å²) in [4.78, 5) is 8.47. The molecular formula is C19H22N7O4S-. The molecule has 3 heterocycles. The second kappa shape index (κ2) is 9.81. The van der Waals surface area contributed by atoms with Gasteiger partial charge in [-0.1, -0.05) is 30.3 Å². The average molecular weight is 444 g/mol. The van der Waals surface area contributed by atoms with Gasteiger partial charge in [0.1, 0.15) is 6.33 Å². The van der Waals surface area contributed by atoms with E-state index in [1.807, 2.05) is 30.3 Å². The Morgan fingerprint density at radius 1 is 1.26 bits per heavy atom. The van der Waals surface area contributed by atoms with Gasteiger partial charge in [-0.3, -0.25) is 13.5 Å². The Morgan fingerprint density at radius 2 is 2.06 bits per heavy atom. The summed E-state index contributed by atoms with van der Waals surface area (Å²) in [6.45, 7) is 2.31. The Kier molecular flexibility index (Phi) is 6.70. The third kappa shape index (κ3) is 4.81. The van der Waals surface area contributed by atoms with Crippen molar-refractivity contribution in [2.24, 2.45) is 5.92 Å². The Bertz CT molecular complexity index is 1040. The summed E-state index contributed by atoms with van der Waals surface area (Å²) in [7, 11) is 1.46. The molecule has 0 spiro atoms. The first-order chi connectivity index (χ1) is 15.2. The summed E-state index contributed by atoms with van der Waals surface area (Å²) in [6, 6.07) is 9.24. The van der Waals surface area contributed by atoms with E-state index >= 15 is 0 Å². The van der Waals surface area contributed by atoms with Gasteiger partial charge in [0, 0.05) is 29.3 Å². The van der Waals surface area contributed by atoms with E-state index in [4.69, 9.17) is 9.47 Å². The fourth-order valence-corrected chi connectivity index (χ4v) is 3.75. The summed E-state index contributed by atoms with van der Waals surface area (Å²) in [5, 5.41) is 11.5. The Balaban J connectivity index is 1.80. The minimum Gasteiger partial charge on any atom is -0.755 e. The number of nitrogens with zero attached hydrogens (tertiary/aromatic N) is 5. The topological polar surface area (TPSA) is 139 Å². The number of methoxy groups -OCH3 is 1. The number of anilines is 1. The summed E-state index contributed by atoms with van der Waals surface area (Å²) in [5.74, 6) is 1.12. The summed E-state index contributed by atoms with van der Waals surface area (Å²) >= 11 is -2.62. The molecule has 2 aromatic heterocycles. The summed E-state index contributed by atoms with van der Waals surface area (Å²) < 4.78 is 38.0. The first-order valence-corrected chi connectivity index (χ1v) is 10.8. The Hall–Kier alpha value is -3.09. The lowest BCUT2D eigenvalue weighted by atomic mass is 10.0. The van der Waals surface area contributed by atoms with Crippen molar-refractivity contribution >= 4 is 17.2 Å². The van der Waals surface area contributed by atoms with Crippen LogP contribution in [0.4, 0.5) is 5.95 Å². The lowest BCUT2D eigenvalue weighted by molar-refractivity contribution is 0.210. The molecule has 12 heteroatoms. The molecular weight excluding hydrogens is 422 g/mol. The minimum atomic E-state index is -2.62. The van der Waals surface area contributed by atoms with Gasteiger partial charge < -0.3 is 19.3 Å². The van der Waals surface area contributed by atoms with Gasteiger partial charge in [-0.15, -0.1) is 10.2 Å². The highest BCUT2D eigenvalue weighted by Gasteiger charge is 2.25. The first-order valence-electron chi connectivity index (χ1n) is 9.77. The second-order valence-corrected chi connectivity index (χ2v) is 7.62. The third-order valence-electron chi connectivity index (χ3n) is 4.90. The van der Waals surface area contributed by atoms with E-state index in [0.29, 0.717) is 29.6 Å². The molecule has 31 heavy (non-hydrogen) atoms. The van der Waals surface area contributed by atoms with Gasteiger partial charge in [0.15, 0.2) is 11.5 Å². The van der Waals surface area contributed by atoms with Gasteiger partial charge in [0.25, 0.3) is 0 Å². The maximum Gasteiger partial charge on any atom is 0.245 e. The molecule has 164 valence electrons. The molecule has 0 bridgehead atoms. The predicted octanol–water partition coefficient (Wildman–Crippen LogP) is 1.32. The number of aromatic nitrogens is 5. The zero-order valence-electron chi connectivity index (χ0n) is 16.9. The van der Waals surface area contributed by atoms with E-state index < -0.39 is 11.3 Å². The molecule has 2 unspecified atom stereocenters. The van der Waals surface area contributed by atoms with E-state index in [0.717, 1.165) is 25.9 Å². The van der Waals surface area contributed by atoms with E-state index in [9.17, 15) is 8.76 Å². The van der Waals surface area contributed by atoms with Crippen molar-refractivity contribution < 1.29 is 18.2 Å². The normalized spacial score (nSPS) is 17.2. The molecule has 1 aliphatic rings. The zero-order valence-corrected chi connectivity index (χ0v) is 17.7. The van der Waals surface area contributed by atoms with Gasteiger partial charge in [-0.05, 0) is 19.4 Å². The number of piperidine rings is 1. The van der Waals surface area contributed by atoms with Crippen LogP contribution in [0.15, 0.2) is 36.7 Å². The van der Waals surface area contributed by atoms with E-state index in [1.54, 1.807) is 0 Å². The monoisotopic (exact) mass is 444 g/mol. The van der Waals surface area contributed by atoms with Gasteiger partial charge in [0.05, 0.1) is 13.7 Å². The molecule has 3 aromatic rings. The number of hydrogen-bond acceptors (Lipinski definition) is 9. The summed E-state index contributed by atoms with van der Waals surface area (Å²) in [6.07, 6.45) is 3.47. The average Bonchev–Trinajstić information content (AvgIpc) is 3.21. The van der Waals surface area contributed by atoms with Gasteiger partial charge >= 0.3 is 0 Å². The van der Waals surface area contributed by atoms with Gasteiger partial charge in [0.2, 0.25) is 17.7 Å². The molecule has 2 N–H and O–H groups in total. The van der Waals surface area contributed by atoms with Crippen LogP contribution < -0.4 is 19.5 Å². The molecule has 2 atom stereocenters. The quantitative estimate of drug-likeness (QED) is 0.492. The van der Waals surface area contributed by atoms with Crippen LogP contribution in [0.2, 0.25) is 0 Å². The number of hydrogen-bond donors (Lipinski definition) is 2. The van der Waals surface area contributed by atoms with Crippen LogP contribution in [0, 0.1) is 5.92 Å². The molecule has 11 nitrogen and oxygen atoms in total. The minimum absolute atomic E-state index is 0.0375. The highest BCUT2D eigenvalue weighted by molar-refractivity contribution is 7.80. The van der Waals surface area contributed by atoms with E-state index in [-0.39, 0.29) is 17.7 Å². The molecule has 1 aliphatic heterocycles. The fraction of sp³-hybridized carbons (Fsp3) is 0.368. The van der Waals surface area contributed by atoms with Gasteiger partial charge in [-0.25, -0.2) is 0 Å². The number of nitrogens with one attached hydrogen (secondary N) is 2. The van der Waals surface area contributed by atoms with Crippen LogP contribution >= 0.6 is 0 Å². The Morgan fingerprint density at radius 3 is 2.77 bits per heavy atom. The number of ether oxygens (including phenoxy) is 2. The van der Waals surface area contributed by atoms with E-state index in [2.05, 4.69) is 30.2 Å². The molecule has 1 fully saturated rings. The highest BCUT2D eigenvalue weighted by Crippen LogP contribution is 2.35. The molecule has 4 rings (SSSR count). The van der Waals surface area contributed by atoms with Crippen LogP contribution in [0.1, 0.15) is 12.8 Å². The standard InChI is InChI=1S/C19H23N7O4S/c1-29-17-15(18(22-12-21-17)30-11-13-6-5-9-20-10-13)26-16(14-7-3-2-4-8-14)23-24-19(26)25-31(27)28/h2-4,7-8,12-13,20H,5-6,9-11H2,1H3,(H,24,25)(H,27,28)/p-1. The van der Waals surface area contributed by atoms with Crippen LogP contribution in [0.3, 0.4) is 0 Å². The van der Waals surface area contributed by atoms with Crippen molar-refractivity contribution in [2.75, 3.05) is 31.5 Å². The Labute approximate surface area is 181 Å². The third-order valence-corrected chi connectivity index (χ3v) is 5.25. The van der Waals surface area contributed by atoms with Gasteiger partial charge in [-0.2, -0.15) is 9.97 Å². The van der Waals surface area contributed by atoms with Crippen LogP contribution in [0.5, 0.6) is 11.8 Å². The fourth-order valence-electron chi connectivity index (χ4n) is 3.47. The lowest BCUT2D eigenvalue weighted by Crippen LogP contribution is -2.33. The van der Waals surface area contributed by atoms with Crippen LogP contribution in [-0.4, -0.2) is 60.3 Å². The maximum absolute atomic E-state index is 11.4. The number of rotatable bonds is 8.